The molecule has 2 N–H and O–H groups in total. The molecule has 0 radical (unpaired) electrons. The van der Waals surface area contributed by atoms with Crippen molar-refractivity contribution in [2.45, 2.75) is 26.3 Å². The van der Waals surface area contributed by atoms with Gasteiger partial charge in [0.1, 0.15) is 0 Å². The van der Waals surface area contributed by atoms with Crippen molar-refractivity contribution in [3.63, 3.8) is 0 Å². The highest BCUT2D eigenvalue weighted by molar-refractivity contribution is 5.85. The fraction of sp³-hybridized carbons (Fsp3) is 0.500. The van der Waals surface area contributed by atoms with Crippen LogP contribution in [0.15, 0.2) is 12.3 Å². The molecule has 0 spiro atoms. The maximum Gasteiger partial charge on any atom is 0.354 e. The average molecular weight is 207 g/mol. The van der Waals surface area contributed by atoms with Gasteiger partial charge in [-0.2, -0.15) is 0 Å². The minimum Gasteiger partial charge on any atom is -0.477 e. The highest BCUT2D eigenvalue weighted by atomic mass is 16.4. The summed E-state index contributed by atoms with van der Waals surface area (Å²) in [6.45, 7) is 4.29. The number of aromatic carboxylic acids is 1. The topological polar surface area (TPSA) is 75.1 Å². The van der Waals surface area contributed by atoms with Gasteiger partial charge in [-0.15, -0.1) is 0 Å². The van der Waals surface area contributed by atoms with Gasteiger partial charge in [0, 0.05) is 12.2 Å². The number of aromatic nitrogens is 2. The number of carboxylic acids is 1. The zero-order chi connectivity index (χ0) is 11.1. The third-order valence-corrected chi connectivity index (χ3v) is 2.69. The summed E-state index contributed by atoms with van der Waals surface area (Å²) < 4.78 is 0. The zero-order valence-corrected chi connectivity index (χ0v) is 8.69. The predicted octanol–water partition coefficient (Wildman–Crippen LogP) is 1.39. The number of nitrogens with one attached hydrogen (secondary N) is 1. The molecular weight excluding hydrogens is 194 g/mol. The van der Waals surface area contributed by atoms with Crippen molar-refractivity contribution >= 4 is 11.9 Å². The third-order valence-electron chi connectivity index (χ3n) is 2.69. The van der Waals surface area contributed by atoms with Crippen LogP contribution >= 0.6 is 0 Å². The molecule has 2 rings (SSSR count). The second-order valence-corrected chi connectivity index (χ2v) is 4.46. The minimum atomic E-state index is -1.03. The smallest absolute Gasteiger partial charge is 0.354 e. The van der Waals surface area contributed by atoms with E-state index in [-0.39, 0.29) is 11.1 Å². The summed E-state index contributed by atoms with van der Waals surface area (Å²) in [5.41, 5.74) is 0.286. The van der Waals surface area contributed by atoms with Crippen LogP contribution in [-0.4, -0.2) is 27.1 Å². The Morgan fingerprint density at radius 2 is 2.33 bits per heavy atom. The molecule has 0 amide bonds. The van der Waals surface area contributed by atoms with Crippen LogP contribution in [0.4, 0.5) is 5.95 Å². The molecular formula is C10H13N3O2. The molecule has 1 aromatic heterocycles. The van der Waals surface area contributed by atoms with Crippen LogP contribution < -0.4 is 5.32 Å². The van der Waals surface area contributed by atoms with Crippen LogP contribution in [0.2, 0.25) is 0 Å². The fourth-order valence-corrected chi connectivity index (χ4v) is 1.42. The number of anilines is 1. The van der Waals surface area contributed by atoms with Crippen molar-refractivity contribution in [2.24, 2.45) is 5.41 Å². The average Bonchev–Trinajstić information content (AvgIpc) is 2.74. The summed E-state index contributed by atoms with van der Waals surface area (Å²) in [7, 11) is 0. The predicted molar refractivity (Wildman–Crippen MR) is 54.8 cm³/mol. The standard InChI is InChI=1S/C10H13N3O2/c1-10(2)5-7(10)13-9-11-4-3-6(12-9)8(14)15/h3-4,7H,5H2,1-2H3,(H,14,15)(H,11,12,13). The zero-order valence-electron chi connectivity index (χ0n) is 8.69. The first-order valence-electron chi connectivity index (χ1n) is 4.82. The van der Waals surface area contributed by atoms with E-state index in [1.807, 2.05) is 0 Å². The molecule has 0 aliphatic heterocycles. The third kappa shape index (κ3) is 2.06. The summed E-state index contributed by atoms with van der Waals surface area (Å²) in [6.07, 6.45) is 2.52. The van der Waals surface area contributed by atoms with Crippen LogP contribution in [0, 0.1) is 5.41 Å². The van der Waals surface area contributed by atoms with E-state index >= 15 is 0 Å². The molecule has 5 nitrogen and oxygen atoms in total. The molecule has 1 heterocycles. The molecule has 1 atom stereocenters. The summed E-state index contributed by atoms with van der Waals surface area (Å²) in [6, 6.07) is 1.73. The van der Waals surface area contributed by atoms with Gasteiger partial charge < -0.3 is 10.4 Å². The highest BCUT2D eigenvalue weighted by Gasteiger charge is 2.46. The van der Waals surface area contributed by atoms with Crippen molar-refractivity contribution in [2.75, 3.05) is 5.32 Å². The molecule has 15 heavy (non-hydrogen) atoms. The van der Waals surface area contributed by atoms with Crippen LogP contribution in [-0.2, 0) is 0 Å². The molecule has 80 valence electrons. The highest BCUT2D eigenvalue weighted by Crippen LogP contribution is 2.46. The van der Waals surface area contributed by atoms with Gasteiger partial charge >= 0.3 is 5.97 Å². The molecule has 0 bridgehead atoms. The van der Waals surface area contributed by atoms with E-state index in [0.29, 0.717) is 12.0 Å². The quantitative estimate of drug-likeness (QED) is 0.783. The summed E-state index contributed by atoms with van der Waals surface area (Å²) in [5.74, 6) is -0.638. The van der Waals surface area contributed by atoms with Crippen LogP contribution in [0.3, 0.4) is 0 Å². The summed E-state index contributed by atoms with van der Waals surface area (Å²) in [5, 5.41) is 11.9. The molecule has 5 heteroatoms. The number of rotatable bonds is 3. The van der Waals surface area contributed by atoms with E-state index in [9.17, 15) is 4.79 Å². The van der Waals surface area contributed by atoms with Crippen molar-refractivity contribution in [3.05, 3.63) is 18.0 Å². The fourth-order valence-electron chi connectivity index (χ4n) is 1.42. The maximum atomic E-state index is 10.7. The molecule has 1 aromatic rings. The Bertz CT molecular complexity index is 403. The Hall–Kier alpha value is -1.65. The lowest BCUT2D eigenvalue weighted by molar-refractivity contribution is 0.0690. The van der Waals surface area contributed by atoms with Gasteiger partial charge in [-0.1, -0.05) is 13.8 Å². The summed E-state index contributed by atoms with van der Waals surface area (Å²) >= 11 is 0. The van der Waals surface area contributed by atoms with Gasteiger partial charge in [-0.25, -0.2) is 14.8 Å². The van der Waals surface area contributed by atoms with Crippen LogP contribution in [0.25, 0.3) is 0 Å². The Balaban J connectivity index is 2.09. The lowest BCUT2D eigenvalue weighted by atomic mass is 10.2. The first-order chi connectivity index (χ1) is 6.99. The largest absolute Gasteiger partial charge is 0.477 e. The summed E-state index contributed by atoms with van der Waals surface area (Å²) in [4.78, 5) is 18.5. The molecule has 1 aliphatic rings. The van der Waals surface area contributed by atoms with Crippen LogP contribution in [0.5, 0.6) is 0 Å². The Kier molecular flexibility index (Phi) is 2.10. The SMILES string of the molecule is CC1(C)CC1Nc1nccc(C(=O)O)n1. The van der Waals surface area contributed by atoms with Crippen molar-refractivity contribution in [1.82, 2.24) is 9.97 Å². The normalized spacial score (nSPS) is 22.1. The molecule has 1 fully saturated rings. The van der Waals surface area contributed by atoms with Crippen molar-refractivity contribution < 1.29 is 9.90 Å². The van der Waals surface area contributed by atoms with Gasteiger partial charge in [0.15, 0.2) is 5.69 Å². The van der Waals surface area contributed by atoms with Gasteiger partial charge in [0.05, 0.1) is 0 Å². The Morgan fingerprint density at radius 1 is 1.67 bits per heavy atom. The Labute approximate surface area is 87.6 Å². The monoisotopic (exact) mass is 207 g/mol. The molecule has 1 saturated carbocycles. The number of hydrogen-bond donors (Lipinski definition) is 2. The molecule has 0 saturated heterocycles. The number of carboxylic acid groups (broad SMARTS) is 1. The van der Waals surface area contributed by atoms with Crippen molar-refractivity contribution in [1.29, 1.82) is 0 Å². The van der Waals surface area contributed by atoms with E-state index in [1.165, 1.54) is 12.3 Å². The first kappa shape index (κ1) is 9.89. The second-order valence-electron chi connectivity index (χ2n) is 4.46. The van der Waals surface area contributed by atoms with Gasteiger partial charge in [0.25, 0.3) is 0 Å². The number of nitrogens with zero attached hydrogens (tertiary/aromatic N) is 2. The lowest BCUT2D eigenvalue weighted by Gasteiger charge is -2.06. The maximum absolute atomic E-state index is 10.7. The first-order valence-corrected chi connectivity index (χ1v) is 4.82. The minimum absolute atomic E-state index is 0.0194. The lowest BCUT2D eigenvalue weighted by Crippen LogP contribution is -2.12. The molecule has 1 aliphatic carbocycles. The van der Waals surface area contributed by atoms with E-state index in [4.69, 9.17) is 5.11 Å². The second kappa shape index (κ2) is 3.18. The molecule has 1 unspecified atom stereocenters. The van der Waals surface area contributed by atoms with E-state index < -0.39 is 5.97 Å². The number of carbonyl (C=O) groups is 1. The van der Waals surface area contributed by atoms with E-state index in [2.05, 4.69) is 29.1 Å². The van der Waals surface area contributed by atoms with Gasteiger partial charge in [-0.3, -0.25) is 0 Å². The Morgan fingerprint density at radius 3 is 2.87 bits per heavy atom. The van der Waals surface area contributed by atoms with Gasteiger partial charge in [-0.05, 0) is 17.9 Å². The van der Waals surface area contributed by atoms with Gasteiger partial charge in [0.2, 0.25) is 5.95 Å². The van der Waals surface area contributed by atoms with Crippen molar-refractivity contribution in [3.8, 4) is 0 Å². The number of hydrogen-bond acceptors (Lipinski definition) is 4. The molecule has 0 aromatic carbocycles. The van der Waals surface area contributed by atoms with E-state index in [1.54, 1.807) is 0 Å². The van der Waals surface area contributed by atoms with Crippen LogP contribution in [0.1, 0.15) is 30.8 Å². The van der Waals surface area contributed by atoms with E-state index in [0.717, 1.165) is 6.42 Å².